The van der Waals surface area contributed by atoms with Gasteiger partial charge in [-0.3, -0.25) is 4.79 Å². The second-order valence-corrected chi connectivity index (χ2v) is 4.60. The molecule has 8 heteroatoms. The minimum Gasteiger partial charge on any atom is -0.481 e. The Bertz CT molecular complexity index is 521. The molecule has 21 heavy (non-hydrogen) atoms. The van der Waals surface area contributed by atoms with Gasteiger partial charge in [0.25, 0.3) is 0 Å². The zero-order valence-corrected chi connectivity index (χ0v) is 11.1. The Hall–Kier alpha value is -1.70. The third-order valence-corrected chi connectivity index (χ3v) is 3.35. The van der Waals surface area contributed by atoms with E-state index in [0.717, 1.165) is 0 Å². The van der Waals surface area contributed by atoms with E-state index in [1.165, 1.54) is 6.92 Å². The van der Waals surface area contributed by atoms with Gasteiger partial charge in [0.2, 0.25) is 5.82 Å². The van der Waals surface area contributed by atoms with Gasteiger partial charge in [-0.1, -0.05) is 6.92 Å². The van der Waals surface area contributed by atoms with Crippen molar-refractivity contribution in [2.75, 3.05) is 6.54 Å². The number of nitrogens with two attached hydrogens (primary N) is 1. The lowest BCUT2D eigenvalue weighted by Crippen LogP contribution is -2.26. The summed E-state index contributed by atoms with van der Waals surface area (Å²) >= 11 is 0. The standard InChI is InChI=1S/C13H14F5NO2/c1-2-5(3-6(4-19)13(20)21)7-8(14)10(16)12(18)11(17)9(7)15/h5-6H,2-4,19H2,1H3,(H,20,21). The quantitative estimate of drug-likeness (QED) is 0.482. The first kappa shape index (κ1) is 17.4. The third kappa shape index (κ3) is 3.31. The number of carbonyl (C=O) groups is 1. The predicted octanol–water partition coefficient (Wildman–Crippen LogP) is 2.93. The number of hydrogen-bond acceptors (Lipinski definition) is 2. The maximum absolute atomic E-state index is 13.7. The summed E-state index contributed by atoms with van der Waals surface area (Å²) in [4.78, 5) is 10.9. The van der Waals surface area contributed by atoms with Crippen molar-refractivity contribution in [1.29, 1.82) is 0 Å². The molecule has 0 bridgehead atoms. The monoisotopic (exact) mass is 311 g/mol. The van der Waals surface area contributed by atoms with Crippen LogP contribution in [0.1, 0.15) is 31.2 Å². The number of carboxylic acid groups (broad SMARTS) is 1. The van der Waals surface area contributed by atoms with Crippen LogP contribution in [0, 0.1) is 35.0 Å². The van der Waals surface area contributed by atoms with E-state index in [-0.39, 0.29) is 19.4 Å². The number of rotatable bonds is 6. The van der Waals surface area contributed by atoms with Crippen molar-refractivity contribution in [2.24, 2.45) is 11.7 Å². The molecule has 3 N–H and O–H groups in total. The molecule has 0 saturated heterocycles. The number of benzene rings is 1. The molecule has 1 aromatic rings. The van der Waals surface area contributed by atoms with Crippen LogP contribution in [0.25, 0.3) is 0 Å². The second-order valence-electron chi connectivity index (χ2n) is 4.60. The molecule has 2 atom stereocenters. The molecule has 0 aliphatic heterocycles. The van der Waals surface area contributed by atoms with Gasteiger partial charge in [0, 0.05) is 12.1 Å². The Kier molecular flexibility index (Phi) is 5.65. The van der Waals surface area contributed by atoms with Crippen LogP contribution in [-0.2, 0) is 4.79 Å². The normalized spacial score (nSPS) is 14.0. The van der Waals surface area contributed by atoms with Gasteiger partial charge in [-0.05, 0) is 18.8 Å². The average molecular weight is 311 g/mol. The van der Waals surface area contributed by atoms with Gasteiger partial charge in [-0.15, -0.1) is 0 Å². The van der Waals surface area contributed by atoms with Crippen molar-refractivity contribution in [2.45, 2.75) is 25.7 Å². The van der Waals surface area contributed by atoms with Crippen LogP contribution in [-0.4, -0.2) is 17.6 Å². The molecule has 0 heterocycles. The minimum atomic E-state index is -2.24. The Labute approximate surface area is 117 Å². The summed E-state index contributed by atoms with van der Waals surface area (Å²) in [5, 5.41) is 8.88. The zero-order valence-electron chi connectivity index (χ0n) is 11.1. The molecule has 0 radical (unpaired) electrons. The molecule has 1 aromatic carbocycles. The summed E-state index contributed by atoms with van der Waals surface area (Å²) in [6, 6.07) is 0. The lowest BCUT2D eigenvalue weighted by Gasteiger charge is -2.21. The minimum absolute atomic E-state index is 0.00212. The van der Waals surface area contributed by atoms with Crippen LogP contribution in [0.2, 0.25) is 0 Å². The average Bonchev–Trinajstić information content (AvgIpc) is 2.46. The molecule has 0 saturated carbocycles. The van der Waals surface area contributed by atoms with E-state index in [1.54, 1.807) is 0 Å². The molecule has 0 amide bonds. The number of hydrogen-bond donors (Lipinski definition) is 2. The number of carboxylic acids is 1. The van der Waals surface area contributed by atoms with Crippen molar-refractivity contribution in [1.82, 2.24) is 0 Å². The first-order valence-electron chi connectivity index (χ1n) is 6.20. The first-order valence-corrected chi connectivity index (χ1v) is 6.20. The molecular weight excluding hydrogens is 297 g/mol. The smallest absolute Gasteiger partial charge is 0.307 e. The Morgan fingerprint density at radius 2 is 1.48 bits per heavy atom. The summed E-state index contributed by atoms with van der Waals surface area (Å²) < 4.78 is 66.7. The predicted molar refractivity (Wildman–Crippen MR) is 64.1 cm³/mol. The molecule has 2 unspecified atom stereocenters. The van der Waals surface area contributed by atoms with E-state index in [4.69, 9.17) is 10.8 Å². The Morgan fingerprint density at radius 3 is 1.81 bits per heavy atom. The van der Waals surface area contributed by atoms with Gasteiger partial charge < -0.3 is 10.8 Å². The topological polar surface area (TPSA) is 63.3 Å². The summed E-state index contributed by atoms with van der Waals surface area (Å²) in [5.41, 5.74) is 4.25. The summed E-state index contributed by atoms with van der Waals surface area (Å²) in [6.45, 7) is 1.15. The largest absolute Gasteiger partial charge is 0.481 e. The number of aliphatic carboxylic acids is 1. The summed E-state index contributed by atoms with van der Waals surface area (Å²) in [6.07, 6.45) is -0.317. The fraction of sp³-hybridized carbons (Fsp3) is 0.462. The van der Waals surface area contributed by atoms with Crippen molar-refractivity contribution in [3.05, 3.63) is 34.6 Å². The molecule has 3 nitrogen and oxygen atoms in total. The van der Waals surface area contributed by atoms with E-state index in [2.05, 4.69) is 0 Å². The maximum Gasteiger partial charge on any atom is 0.307 e. The molecule has 0 fully saturated rings. The fourth-order valence-electron chi connectivity index (χ4n) is 2.11. The molecule has 0 spiro atoms. The van der Waals surface area contributed by atoms with Gasteiger partial charge in [-0.2, -0.15) is 0 Å². The maximum atomic E-state index is 13.7. The summed E-state index contributed by atoms with van der Waals surface area (Å²) in [5.74, 6) is -13.7. The molecule has 0 aliphatic carbocycles. The van der Waals surface area contributed by atoms with Crippen molar-refractivity contribution >= 4 is 5.97 Å². The van der Waals surface area contributed by atoms with E-state index in [1.807, 2.05) is 0 Å². The van der Waals surface area contributed by atoms with Gasteiger partial charge >= 0.3 is 5.97 Å². The Balaban J connectivity index is 3.32. The van der Waals surface area contributed by atoms with Crippen molar-refractivity contribution in [3.63, 3.8) is 0 Å². The third-order valence-electron chi connectivity index (χ3n) is 3.35. The SMILES string of the molecule is CCC(CC(CN)C(=O)O)c1c(F)c(F)c(F)c(F)c1F. The molecule has 1 rings (SSSR count). The van der Waals surface area contributed by atoms with Crippen molar-refractivity contribution in [3.8, 4) is 0 Å². The van der Waals surface area contributed by atoms with Crippen LogP contribution >= 0.6 is 0 Å². The molecule has 0 aliphatic rings. The van der Waals surface area contributed by atoms with E-state index in [9.17, 15) is 26.7 Å². The lowest BCUT2D eigenvalue weighted by molar-refractivity contribution is -0.141. The van der Waals surface area contributed by atoms with Crippen LogP contribution in [0.4, 0.5) is 22.0 Å². The highest BCUT2D eigenvalue weighted by Crippen LogP contribution is 2.34. The van der Waals surface area contributed by atoms with Gasteiger partial charge in [-0.25, -0.2) is 22.0 Å². The highest BCUT2D eigenvalue weighted by molar-refractivity contribution is 5.70. The fourth-order valence-corrected chi connectivity index (χ4v) is 2.11. The Morgan fingerprint density at radius 1 is 1.05 bits per heavy atom. The van der Waals surface area contributed by atoms with Crippen LogP contribution < -0.4 is 5.73 Å². The molecule has 0 aromatic heterocycles. The van der Waals surface area contributed by atoms with Crippen molar-refractivity contribution < 1.29 is 31.9 Å². The first-order chi connectivity index (χ1) is 9.76. The van der Waals surface area contributed by atoms with E-state index < -0.39 is 52.5 Å². The van der Waals surface area contributed by atoms with E-state index in [0.29, 0.717) is 0 Å². The zero-order chi connectivity index (χ0) is 16.3. The van der Waals surface area contributed by atoms with Gasteiger partial charge in [0.05, 0.1) is 5.92 Å². The van der Waals surface area contributed by atoms with Crippen LogP contribution in [0.3, 0.4) is 0 Å². The number of halogens is 5. The van der Waals surface area contributed by atoms with Crippen LogP contribution in [0.5, 0.6) is 0 Å². The second kappa shape index (κ2) is 6.84. The van der Waals surface area contributed by atoms with Crippen LogP contribution in [0.15, 0.2) is 0 Å². The molecule has 118 valence electrons. The van der Waals surface area contributed by atoms with E-state index >= 15 is 0 Å². The molecular formula is C13H14F5NO2. The van der Waals surface area contributed by atoms with Gasteiger partial charge in [0.1, 0.15) is 0 Å². The summed E-state index contributed by atoms with van der Waals surface area (Å²) in [7, 11) is 0. The van der Waals surface area contributed by atoms with Gasteiger partial charge in [0.15, 0.2) is 23.3 Å². The lowest BCUT2D eigenvalue weighted by atomic mass is 9.86. The highest BCUT2D eigenvalue weighted by atomic mass is 19.2. The highest BCUT2D eigenvalue weighted by Gasteiger charge is 2.31.